The zero-order valence-corrected chi connectivity index (χ0v) is 13.6. The SMILES string of the molecule is Cc1cc(NS(=O)(=O)c2ccc(Br)c(C(=O)O)c2)n(C)n1. The summed E-state index contributed by atoms with van der Waals surface area (Å²) >= 11 is 3.07. The van der Waals surface area contributed by atoms with Crippen molar-refractivity contribution >= 4 is 37.7 Å². The number of carboxylic acid groups (broad SMARTS) is 1. The molecule has 1 aromatic carbocycles. The van der Waals surface area contributed by atoms with Crippen LogP contribution in [-0.4, -0.2) is 29.3 Å². The molecule has 0 amide bonds. The minimum absolute atomic E-state index is 0.126. The number of hydrogen-bond donors (Lipinski definition) is 2. The van der Waals surface area contributed by atoms with Gasteiger partial charge in [0.15, 0.2) is 0 Å². The molecule has 0 aliphatic heterocycles. The van der Waals surface area contributed by atoms with Crippen LogP contribution in [0.2, 0.25) is 0 Å². The number of carbonyl (C=O) groups is 1. The number of aryl methyl sites for hydroxylation is 2. The molecule has 2 N–H and O–H groups in total. The lowest BCUT2D eigenvalue weighted by molar-refractivity contribution is 0.0695. The maximum atomic E-state index is 12.3. The first-order chi connectivity index (χ1) is 9.70. The van der Waals surface area contributed by atoms with E-state index in [1.807, 2.05) is 0 Å². The first kappa shape index (κ1) is 15.5. The fourth-order valence-corrected chi connectivity index (χ4v) is 3.26. The third kappa shape index (κ3) is 3.24. The van der Waals surface area contributed by atoms with Gasteiger partial charge in [-0.05, 0) is 41.1 Å². The molecule has 0 fully saturated rings. The van der Waals surface area contributed by atoms with Gasteiger partial charge in [-0.25, -0.2) is 13.2 Å². The largest absolute Gasteiger partial charge is 0.478 e. The molecule has 0 bridgehead atoms. The van der Waals surface area contributed by atoms with Gasteiger partial charge in [0.25, 0.3) is 10.0 Å². The van der Waals surface area contributed by atoms with E-state index in [-0.39, 0.29) is 10.5 Å². The highest BCUT2D eigenvalue weighted by atomic mass is 79.9. The van der Waals surface area contributed by atoms with Crippen LogP contribution in [-0.2, 0) is 17.1 Å². The van der Waals surface area contributed by atoms with Gasteiger partial charge in [0.05, 0.1) is 16.2 Å². The van der Waals surface area contributed by atoms with Crippen LogP contribution in [0.5, 0.6) is 0 Å². The van der Waals surface area contributed by atoms with Gasteiger partial charge in [-0.3, -0.25) is 9.40 Å². The lowest BCUT2D eigenvalue weighted by atomic mass is 10.2. The minimum Gasteiger partial charge on any atom is -0.478 e. The van der Waals surface area contributed by atoms with Crippen LogP contribution in [0.4, 0.5) is 5.82 Å². The fraction of sp³-hybridized carbons (Fsp3) is 0.167. The summed E-state index contributed by atoms with van der Waals surface area (Å²) in [5.74, 6) is -0.914. The summed E-state index contributed by atoms with van der Waals surface area (Å²) in [4.78, 5) is 10.9. The summed E-state index contributed by atoms with van der Waals surface area (Å²) in [5, 5.41) is 13.1. The quantitative estimate of drug-likeness (QED) is 0.852. The molecule has 7 nitrogen and oxygen atoms in total. The van der Waals surface area contributed by atoms with Crippen molar-refractivity contribution in [3.63, 3.8) is 0 Å². The number of nitrogens with one attached hydrogen (secondary N) is 1. The van der Waals surface area contributed by atoms with Gasteiger partial charge >= 0.3 is 5.97 Å². The number of anilines is 1. The van der Waals surface area contributed by atoms with Gasteiger partial charge in [-0.1, -0.05) is 0 Å². The maximum absolute atomic E-state index is 12.3. The van der Waals surface area contributed by atoms with E-state index in [1.54, 1.807) is 20.0 Å². The lowest BCUT2D eigenvalue weighted by Gasteiger charge is -2.09. The second-order valence-electron chi connectivity index (χ2n) is 4.35. The molecular formula is C12H12BrN3O4S. The van der Waals surface area contributed by atoms with Crippen LogP contribution in [0.1, 0.15) is 16.1 Å². The number of halogens is 1. The van der Waals surface area contributed by atoms with Crippen LogP contribution in [0, 0.1) is 6.92 Å². The van der Waals surface area contributed by atoms with Crippen LogP contribution in [0.25, 0.3) is 0 Å². The average Bonchev–Trinajstić information content (AvgIpc) is 2.66. The van der Waals surface area contributed by atoms with Crippen molar-refractivity contribution < 1.29 is 18.3 Å². The Kier molecular flexibility index (Phi) is 4.06. The summed E-state index contributed by atoms with van der Waals surface area (Å²) < 4.78 is 28.7. The Morgan fingerprint density at radius 3 is 2.57 bits per heavy atom. The number of nitrogens with zero attached hydrogens (tertiary/aromatic N) is 2. The molecule has 0 saturated heterocycles. The molecule has 1 heterocycles. The highest BCUT2D eigenvalue weighted by Crippen LogP contribution is 2.23. The molecule has 0 atom stereocenters. The standard InChI is InChI=1S/C12H12BrN3O4S/c1-7-5-11(16(2)14-7)15-21(19,20)8-3-4-10(13)9(6-8)12(17)18/h3-6,15H,1-2H3,(H,17,18). The van der Waals surface area contributed by atoms with Crippen LogP contribution in [0.15, 0.2) is 33.6 Å². The Hall–Kier alpha value is -1.87. The Morgan fingerprint density at radius 1 is 1.38 bits per heavy atom. The Balaban J connectivity index is 2.42. The van der Waals surface area contributed by atoms with Crippen molar-refractivity contribution in [1.82, 2.24) is 9.78 Å². The Bertz CT molecular complexity index is 814. The second kappa shape index (κ2) is 5.49. The number of aromatic nitrogens is 2. The predicted molar refractivity (Wildman–Crippen MR) is 79.9 cm³/mol. The van der Waals surface area contributed by atoms with E-state index >= 15 is 0 Å². The number of hydrogen-bond acceptors (Lipinski definition) is 4. The van der Waals surface area contributed by atoms with Crippen molar-refractivity contribution in [2.45, 2.75) is 11.8 Å². The Morgan fingerprint density at radius 2 is 2.05 bits per heavy atom. The smallest absolute Gasteiger partial charge is 0.336 e. The van der Waals surface area contributed by atoms with Gasteiger partial charge in [0.1, 0.15) is 5.82 Å². The number of sulfonamides is 1. The van der Waals surface area contributed by atoms with Crippen LogP contribution < -0.4 is 4.72 Å². The van der Waals surface area contributed by atoms with E-state index in [0.29, 0.717) is 16.0 Å². The van der Waals surface area contributed by atoms with Crippen molar-refractivity contribution in [2.75, 3.05) is 4.72 Å². The molecule has 21 heavy (non-hydrogen) atoms. The van der Waals surface area contributed by atoms with Gasteiger partial charge in [-0.2, -0.15) is 5.10 Å². The first-order valence-electron chi connectivity index (χ1n) is 5.77. The summed E-state index contributed by atoms with van der Waals surface area (Å²) in [5.41, 5.74) is 0.538. The summed E-state index contributed by atoms with van der Waals surface area (Å²) in [6.45, 7) is 1.74. The minimum atomic E-state index is -3.89. The van der Waals surface area contributed by atoms with E-state index in [1.165, 1.54) is 16.8 Å². The molecule has 9 heteroatoms. The Labute approximate surface area is 129 Å². The lowest BCUT2D eigenvalue weighted by Crippen LogP contribution is -2.16. The van der Waals surface area contributed by atoms with E-state index < -0.39 is 16.0 Å². The van der Waals surface area contributed by atoms with Crippen LogP contribution in [0.3, 0.4) is 0 Å². The van der Waals surface area contributed by atoms with E-state index in [4.69, 9.17) is 5.11 Å². The molecule has 1 aromatic heterocycles. The molecule has 0 aliphatic carbocycles. The van der Waals surface area contributed by atoms with Crippen molar-refractivity contribution in [3.8, 4) is 0 Å². The highest BCUT2D eigenvalue weighted by Gasteiger charge is 2.19. The zero-order valence-electron chi connectivity index (χ0n) is 11.2. The molecule has 112 valence electrons. The molecular weight excluding hydrogens is 362 g/mol. The van der Waals surface area contributed by atoms with Crippen molar-refractivity contribution in [1.29, 1.82) is 0 Å². The van der Waals surface area contributed by atoms with Crippen molar-refractivity contribution in [3.05, 3.63) is 40.0 Å². The topological polar surface area (TPSA) is 101 Å². The fourth-order valence-electron chi connectivity index (χ4n) is 1.74. The molecule has 0 spiro atoms. The van der Waals surface area contributed by atoms with Gasteiger partial charge < -0.3 is 5.11 Å². The summed E-state index contributed by atoms with van der Waals surface area (Å²) in [6.07, 6.45) is 0. The van der Waals surface area contributed by atoms with Crippen molar-refractivity contribution in [2.24, 2.45) is 7.05 Å². The van der Waals surface area contributed by atoms with Gasteiger partial charge in [-0.15, -0.1) is 0 Å². The third-order valence-electron chi connectivity index (χ3n) is 2.72. The number of carboxylic acids is 1. The number of rotatable bonds is 4. The normalized spacial score (nSPS) is 11.4. The summed E-state index contributed by atoms with van der Waals surface area (Å²) in [7, 11) is -2.28. The molecule has 0 radical (unpaired) electrons. The second-order valence-corrected chi connectivity index (χ2v) is 6.88. The predicted octanol–water partition coefficient (Wildman–Crippen LogP) is 1.99. The molecule has 0 saturated carbocycles. The van der Waals surface area contributed by atoms with Crippen LogP contribution >= 0.6 is 15.9 Å². The summed E-state index contributed by atoms with van der Waals surface area (Å²) in [6, 6.07) is 5.38. The molecule has 2 aromatic rings. The van der Waals surface area contributed by atoms with E-state index in [9.17, 15) is 13.2 Å². The zero-order chi connectivity index (χ0) is 15.8. The van der Waals surface area contributed by atoms with E-state index in [2.05, 4.69) is 25.8 Å². The molecule has 0 unspecified atom stereocenters. The monoisotopic (exact) mass is 373 g/mol. The number of benzene rings is 1. The van der Waals surface area contributed by atoms with Gasteiger partial charge in [0, 0.05) is 17.6 Å². The highest BCUT2D eigenvalue weighted by molar-refractivity contribution is 9.10. The first-order valence-corrected chi connectivity index (χ1v) is 8.04. The average molecular weight is 374 g/mol. The van der Waals surface area contributed by atoms with Gasteiger partial charge in [0.2, 0.25) is 0 Å². The van der Waals surface area contributed by atoms with E-state index in [0.717, 1.165) is 6.07 Å². The number of aromatic carboxylic acids is 1. The molecule has 2 rings (SSSR count). The third-order valence-corrected chi connectivity index (χ3v) is 4.76. The maximum Gasteiger partial charge on any atom is 0.336 e. The molecule has 0 aliphatic rings.